The van der Waals surface area contributed by atoms with Crippen LogP contribution in [-0.2, 0) is 0 Å². The first-order valence-electron chi connectivity index (χ1n) is 8.42. The first-order chi connectivity index (χ1) is 10.2. The molecule has 3 N–H and O–H groups in total. The van der Waals surface area contributed by atoms with Crippen LogP contribution in [0.25, 0.3) is 0 Å². The third kappa shape index (κ3) is 5.01. The molecule has 1 aliphatic rings. The fraction of sp³-hybridized carbons (Fsp3) is 0.667. The molecule has 0 heterocycles. The Morgan fingerprint density at radius 3 is 2.43 bits per heavy atom. The van der Waals surface area contributed by atoms with Gasteiger partial charge in [-0.1, -0.05) is 56.7 Å². The molecule has 1 aliphatic carbocycles. The summed E-state index contributed by atoms with van der Waals surface area (Å²) < 4.78 is 5.95. The van der Waals surface area contributed by atoms with E-state index in [1.54, 1.807) is 0 Å². The van der Waals surface area contributed by atoms with Crippen LogP contribution < -0.4 is 16.0 Å². The molecule has 1 aromatic rings. The number of ether oxygens (including phenoxy) is 1. The molecule has 0 aromatic heterocycles. The summed E-state index contributed by atoms with van der Waals surface area (Å²) in [6, 6.07) is 8.47. The number of para-hydroxylation sites is 1. The third-order valence-corrected chi connectivity index (χ3v) is 4.40. The normalized spacial score (nSPS) is 18.5. The number of nitrogens with one attached hydrogen (secondary N) is 1. The summed E-state index contributed by atoms with van der Waals surface area (Å²) in [7, 11) is 0. The van der Waals surface area contributed by atoms with Gasteiger partial charge in [0.05, 0.1) is 6.10 Å². The molecule has 2 rings (SSSR count). The summed E-state index contributed by atoms with van der Waals surface area (Å²) in [5.41, 5.74) is 4.21. The lowest BCUT2D eigenvalue weighted by molar-refractivity contribution is 0.235. The zero-order chi connectivity index (χ0) is 15.1. The van der Waals surface area contributed by atoms with Crippen molar-refractivity contribution in [2.45, 2.75) is 70.9 Å². The van der Waals surface area contributed by atoms with Gasteiger partial charge in [0.15, 0.2) is 0 Å². The Morgan fingerprint density at radius 1 is 1.14 bits per heavy atom. The van der Waals surface area contributed by atoms with E-state index in [1.807, 2.05) is 12.1 Å². The summed E-state index contributed by atoms with van der Waals surface area (Å²) in [4.78, 5) is 0. The Kier molecular flexibility index (Phi) is 6.52. The number of hydrogen-bond acceptors (Lipinski definition) is 3. The summed E-state index contributed by atoms with van der Waals surface area (Å²) in [5, 5.41) is 0. The van der Waals surface area contributed by atoms with Crippen LogP contribution >= 0.6 is 0 Å². The van der Waals surface area contributed by atoms with Gasteiger partial charge in [0, 0.05) is 11.6 Å². The van der Waals surface area contributed by atoms with Crippen LogP contribution in [0.5, 0.6) is 5.75 Å². The van der Waals surface area contributed by atoms with E-state index in [1.165, 1.54) is 44.1 Å². The number of hydrogen-bond donors (Lipinski definition) is 2. The molecule has 3 nitrogen and oxygen atoms in total. The predicted molar refractivity (Wildman–Crippen MR) is 88.1 cm³/mol. The van der Waals surface area contributed by atoms with Gasteiger partial charge in [-0.3, -0.25) is 11.3 Å². The van der Waals surface area contributed by atoms with E-state index in [9.17, 15) is 0 Å². The number of rotatable bonds is 6. The topological polar surface area (TPSA) is 47.3 Å². The third-order valence-electron chi connectivity index (χ3n) is 4.40. The van der Waals surface area contributed by atoms with Gasteiger partial charge in [0.2, 0.25) is 0 Å². The van der Waals surface area contributed by atoms with Gasteiger partial charge < -0.3 is 4.74 Å². The highest BCUT2D eigenvalue weighted by atomic mass is 16.5. The molecular formula is C18H30N2O. The maximum atomic E-state index is 5.95. The lowest BCUT2D eigenvalue weighted by Gasteiger charge is -2.25. The highest BCUT2D eigenvalue weighted by molar-refractivity contribution is 5.36. The molecule has 0 radical (unpaired) electrons. The maximum absolute atomic E-state index is 5.95. The predicted octanol–water partition coefficient (Wildman–Crippen LogP) is 4.34. The second-order valence-corrected chi connectivity index (χ2v) is 6.52. The molecule has 1 unspecified atom stereocenters. The molecule has 3 heteroatoms. The van der Waals surface area contributed by atoms with Crippen molar-refractivity contribution in [2.75, 3.05) is 0 Å². The Labute approximate surface area is 129 Å². The van der Waals surface area contributed by atoms with Gasteiger partial charge in [-0.25, -0.2) is 0 Å². The molecule has 21 heavy (non-hydrogen) atoms. The van der Waals surface area contributed by atoms with Crippen LogP contribution in [-0.4, -0.2) is 6.10 Å². The maximum Gasteiger partial charge on any atom is 0.124 e. The average molecular weight is 290 g/mol. The number of hydrazine groups is 1. The summed E-state index contributed by atoms with van der Waals surface area (Å²) in [6.07, 6.45) is 9.49. The van der Waals surface area contributed by atoms with Gasteiger partial charge in [0.1, 0.15) is 5.75 Å². The second kappa shape index (κ2) is 8.40. The summed E-state index contributed by atoms with van der Waals surface area (Å²) in [5.74, 6) is 7.60. The van der Waals surface area contributed by atoms with Crippen molar-refractivity contribution in [2.24, 2.45) is 11.8 Å². The van der Waals surface area contributed by atoms with Crippen molar-refractivity contribution in [1.29, 1.82) is 0 Å². The SMILES string of the molecule is CC(C)Oc1ccccc1C(CC1CCCCCC1)NN. The van der Waals surface area contributed by atoms with Crippen molar-refractivity contribution in [1.82, 2.24) is 5.43 Å². The molecular weight excluding hydrogens is 260 g/mol. The van der Waals surface area contributed by atoms with Crippen molar-refractivity contribution >= 4 is 0 Å². The molecule has 0 saturated heterocycles. The quantitative estimate of drug-likeness (QED) is 0.465. The fourth-order valence-electron chi connectivity index (χ4n) is 3.35. The minimum atomic E-state index is 0.183. The number of nitrogens with two attached hydrogens (primary N) is 1. The van der Waals surface area contributed by atoms with Crippen LogP contribution in [0.2, 0.25) is 0 Å². The van der Waals surface area contributed by atoms with Crippen molar-refractivity contribution in [3.63, 3.8) is 0 Å². The standard InChI is InChI=1S/C18H30N2O/c1-14(2)21-18-12-8-7-11-16(18)17(20-19)13-15-9-5-3-4-6-10-15/h7-8,11-12,14-15,17,20H,3-6,9-10,13,19H2,1-2H3. The Balaban J connectivity index is 2.09. The van der Waals surface area contributed by atoms with E-state index in [-0.39, 0.29) is 12.1 Å². The molecule has 0 spiro atoms. The van der Waals surface area contributed by atoms with Gasteiger partial charge in [-0.15, -0.1) is 0 Å². The zero-order valence-electron chi connectivity index (χ0n) is 13.5. The highest BCUT2D eigenvalue weighted by Gasteiger charge is 2.21. The molecule has 1 atom stereocenters. The molecule has 1 saturated carbocycles. The molecule has 1 fully saturated rings. The summed E-state index contributed by atoms with van der Waals surface area (Å²) >= 11 is 0. The van der Waals surface area contributed by atoms with Gasteiger partial charge in [0.25, 0.3) is 0 Å². The smallest absolute Gasteiger partial charge is 0.124 e. The van der Waals surface area contributed by atoms with Crippen molar-refractivity contribution in [3.8, 4) is 5.75 Å². The molecule has 0 aliphatic heterocycles. The molecule has 0 bridgehead atoms. The molecule has 0 amide bonds. The fourth-order valence-corrected chi connectivity index (χ4v) is 3.35. The van der Waals surface area contributed by atoms with E-state index in [4.69, 9.17) is 10.6 Å². The van der Waals surface area contributed by atoms with E-state index >= 15 is 0 Å². The minimum absolute atomic E-state index is 0.183. The van der Waals surface area contributed by atoms with Gasteiger partial charge in [-0.05, 0) is 32.3 Å². The van der Waals surface area contributed by atoms with Crippen LogP contribution in [0, 0.1) is 5.92 Å². The van der Waals surface area contributed by atoms with E-state index in [0.717, 1.165) is 18.1 Å². The van der Waals surface area contributed by atoms with E-state index < -0.39 is 0 Å². The summed E-state index contributed by atoms with van der Waals surface area (Å²) in [6.45, 7) is 4.12. The van der Waals surface area contributed by atoms with Crippen LogP contribution in [0.1, 0.15) is 70.4 Å². The highest BCUT2D eigenvalue weighted by Crippen LogP contribution is 2.34. The Morgan fingerprint density at radius 2 is 1.81 bits per heavy atom. The van der Waals surface area contributed by atoms with Crippen LogP contribution in [0.3, 0.4) is 0 Å². The van der Waals surface area contributed by atoms with E-state index in [2.05, 4.69) is 31.4 Å². The van der Waals surface area contributed by atoms with Crippen molar-refractivity contribution < 1.29 is 4.74 Å². The van der Waals surface area contributed by atoms with Crippen molar-refractivity contribution in [3.05, 3.63) is 29.8 Å². The van der Waals surface area contributed by atoms with Gasteiger partial charge >= 0.3 is 0 Å². The lowest BCUT2D eigenvalue weighted by atomic mass is 9.89. The largest absolute Gasteiger partial charge is 0.491 e. The molecule has 118 valence electrons. The second-order valence-electron chi connectivity index (χ2n) is 6.52. The monoisotopic (exact) mass is 290 g/mol. The first kappa shape index (κ1) is 16.3. The first-order valence-corrected chi connectivity index (χ1v) is 8.42. The zero-order valence-corrected chi connectivity index (χ0v) is 13.5. The van der Waals surface area contributed by atoms with Gasteiger partial charge in [-0.2, -0.15) is 0 Å². The minimum Gasteiger partial charge on any atom is -0.491 e. The Hall–Kier alpha value is -1.06. The Bertz CT molecular complexity index is 411. The van der Waals surface area contributed by atoms with Crippen LogP contribution in [0.4, 0.5) is 0 Å². The lowest BCUT2D eigenvalue weighted by Crippen LogP contribution is -2.30. The average Bonchev–Trinajstić information content (AvgIpc) is 2.73. The molecule has 1 aromatic carbocycles. The number of benzene rings is 1. The van der Waals surface area contributed by atoms with Crippen LogP contribution in [0.15, 0.2) is 24.3 Å². The van der Waals surface area contributed by atoms with E-state index in [0.29, 0.717) is 0 Å².